The van der Waals surface area contributed by atoms with E-state index in [2.05, 4.69) is 0 Å². The summed E-state index contributed by atoms with van der Waals surface area (Å²) in [4.78, 5) is 23.3. The second kappa shape index (κ2) is 6.26. The van der Waals surface area contributed by atoms with Gasteiger partial charge < -0.3 is 14.7 Å². The third-order valence-electron chi connectivity index (χ3n) is 2.37. The van der Waals surface area contributed by atoms with Crippen LogP contribution in [0.25, 0.3) is 0 Å². The number of hydrogen-bond acceptors (Lipinski definition) is 3. The van der Waals surface area contributed by atoms with Crippen molar-refractivity contribution in [2.45, 2.75) is 6.42 Å². The van der Waals surface area contributed by atoms with E-state index >= 15 is 0 Å². The van der Waals surface area contributed by atoms with Crippen molar-refractivity contribution in [2.24, 2.45) is 0 Å². The van der Waals surface area contributed by atoms with Crippen molar-refractivity contribution in [3.63, 3.8) is 0 Å². The van der Waals surface area contributed by atoms with Gasteiger partial charge in [-0.25, -0.2) is 0 Å². The highest BCUT2D eigenvalue weighted by Gasteiger charge is 2.13. The molecule has 0 aliphatic rings. The number of hydrogen-bond donors (Lipinski definition) is 1. The molecule has 6 heteroatoms. The maximum atomic E-state index is 11.7. The van der Waals surface area contributed by atoms with E-state index in [1.807, 2.05) is 0 Å². The number of halogens is 1. The fourth-order valence-corrected chi connectivity index (χ4v) is 1.70. The standard InChI is InChI=1S/C12H14ClNO4/c1-14(7-12(16)17)11(15)6-8-3-4-10(18-2)9(13)5-8/h3-5H,6-7H2,1-2H3,(H,16,17). The van der Waals surface area contributed by atoms with Crippen molar-refractivity contribution in [2.75, 3.05) is 20.7 Å². The van der Waals surface area contributed by atoms with E-state index in [4.69, 9.17) is 21.4 Å². The summed E-state index contributed by atoms with van der Waals surface area (Å²) in [5.74, 6) is -0.788. The highest BCUT2D eigenvalue weighted by atomic mass is 35.5. The lowest BCUT2D eigenvalue weighted by atomic mass is 10.1. The lowest BCUT2D eigenvalue weighted by Gasteiger charge is -2.14. The van der Waals surface area contributed by atoms with Crippen molar-refractivity contribution in [1.82, 2.24) is 4.90 Å². The van der Waals surface area contributed by atoms with Crippen LogP contribution in [0.5, 0.6) is 5.75 Å². The van der Waals surface area contributed by atoms with Crippen LogP contribution < -0.4 is 4.74 Å². The molecule has 0 unspecified atom stereocenters. The van der Waals surface area contributed by atoms with E-state index in [0.717, 1.165) is 4.90 Å². The van der Waals surface area contributed by atoms with Gasteiger partial charge in [0.2, 0.25) is 5.91 Å². The van der Waals surface area contributed by atoms with Crippen LogP contribution in [0, 0.1) is 0 Å². The second-order valence-electron chi connectivity index (χ2n) is 3.79. The highest BCUT2D eigenvalue weighted by Crippen LogP contribution is 2.25. The fourth-order valence-electron chi connectivity index (χ4n) is 1.42. The summed E-state index contributed by atoms with van der Waals surface area (Å²) in [6, 6.07) is 5.02. The van der Waals surface area contributed by atoms with Gasteiger partial charge in [-0.15, -0.1) is 0 Å². The molecule has 1 N–H and O–H groups in total. The Morgan fingerprint density at radius 1 is 1.44 bits per heavy atom. The summed E-state index contributed by atoms with van der Waals surface area (Å²) in [6.45, 7) is -0.317. The molecule has 0 bridgehead atoms. The summed E-state index contributed by atoms with van der Waals surface area (Å²) >= 11 is 5.93. The van der Waals surface area contributed by atoms with E-state index < -0.39 is 5.97 Å². The summed E-state index contributed by atoms with van der Waals surface area (Å²) in [7, 11) is 2.95. The number of carbonyl (C=O) groups excluding carboxylic acids is 1. The normalized spacial score (nSPS) is 9.94. The van der Waals surface area contributed by atoms with Gasteiger partial charge in [-0.1, -0.05) is 17.7 Å². The minimum absolute atomic E-state index is 0.105. The lowest BCUT2D eigenvalue weighted by Crippen LogP contribution is -2.33. The zero-order valence-corrected chi connectivity index (χ0v) is 10.9. The number of carboxylic acids is 1. The molecular weight excluding hydrogens is 258 g/mol. The zero-order valence-electron chi connectivity index (χ0n) is 10.1. The van der Waals surface area contributed by atoms with E-state index in [-0.39, 0.29) is 18.9 Å². The number of carboxylic acid groups (broad SMARTS) is 1. The molecule has 18 heavy (non-hydrogen) atoms. The molecule has 1 aromatic rings. The molecule has 98 valence electrons. The van der Waals surface area contributed by atoms with Gasteiger partial charge in [0.1, 0.15) is 12.3 Å². The molecule has 1 aromatic carbocycles. The monoisotopic (exact) mass is 271 g/mol. The number of likely N-dealkylation sites (N-methyl/N-ethyl adjacent to an activating group) is 1. The van der Waals surface area contributed by atoms with Gasteiger partial charge >= 0.3 is 5.97 Å². The largest absolute Gasteiger partial charge is 0.495 e. The van der Waals surface area contributed by atoms with Crippen LogP contribution in [-0.4, -0.2) is 42.6 Å². The van der Waals surface area contributed by atoms with Crippen LogP contribution in [0.4, 0.5) is 0 Å². The molecule has 0 aliphatic heterocycles. The summed E-state index contributed by atoms with van der Waals surface area (Å²) < 4.78 is 5.00. The van der Waals surface area contributed by atoms with Crippen molar-refractivity contribution >= 4 is 23.5 Å². The van der Waals surface area contributed by atoms with Crippen LogP contribution >= 0.6 is 11.6 Å². The zero-order chi connectivity index (χ0) is 13.7. The number of ether oxygens (including phenoxy) is 1. The minimum atomic E-state index is -1.04. The number of carbonyl (C=O) groups is 2. The molecule has 0 atom stereocenters. The van der Waals surface area contributed by atoms with Crippen molar-refractivity contribution in [1.29, 1.82) is 0 Å². The Morgan fingerprint density at radius 2 is 2.11 bits per heavy atom. The van der Waals surface area contributed by atoms with Gasteiger partial charge in [-0.3, -0.25) is 9.59 Å². The van der Waals surface area contributed by atoms with E-state index in [9.17, 15) is 9.59 Å². The van der Waals surface area contributed by atoms with Crippen molar-refractivity contribution < 1.29 is 19.4 Å². The third-order valence-corrected chi connectivity index (χ3v) is 2.67. The minimum Gasteiger partial charge on any atom is -0.495 e. The van der Waals surface area contributed by atoms with Crippen LogP contribution in [0.2, 0.25) is 5.02 Å². The molecular formula is C12H14ClNO4. The van der Waals surface area contributed by atoms with E-state index in [1.165, 1.54) is 14.2 Å². The Morgan fingerprint density at radius 3 is 2.61 bits per heavy atom. The van der Waals surface area contributed by atoms with E-state index in [1.54, 1.807) is 18.2 Å². The Labute approximate surface area is 110 Å². The maximum Gasteiger partial charge on any atom is 0.323 e. The van der Waals surface area contributed by atoms with Gasteiger partial charge in [0.05, 0.1) is 18.6 Å². The van der Waals surface area contributed by atoms with Gasteiger partial charge in [0.15, 0.2) is 0 Å². The Hall–Kier alpha value is -1.75. The summed E-state index contributed by atoms with van der Waals surface area (Å²) in [5, 5.41) is 9.00. The first-order valence-electron chi connectivity index (χ1n) is 5.22. The van der Waals surface area contributed by atoms with Crippen LogP contribution in [0.1, 0.15) is 5.56 Å². The fraction of sp³-hybridized carbons (Fsp3) is 0.333. The number of rotatable bonds is 5. The topological polar surface area (TPSA) is 66.8 Å². The SMILES string of the molecule is COc1ccc(CC(=O)N(C)CC(=O)O)cc1Cl. The average molecular weight is 272 g/mol. The second-order valence-corrected chi connectivity index (χ2v) is 4.20. The van der Waals surface area contributed by atoms with E-state index in [0.29, 0.717) is 16.3 Å². The van der Waals surface area contributed by atoms with Gasteiger partial charge in [-0.05, 0) is 17.7 Å². The number of nitrogens with zero attached hydrogens (tertiary/aromatic N) is 1. The first kappa shape index (κ1) is 14.3. The van der Waals surface area contributed by atoms with Crippen LogP contribution in [0.15, 0.2) is 18.2 Å². The number of benzene rings is 1. The molecule has 1 amide bonds. The first-order valence-corrected chi connectivity index (χ1v) is 5.60. The molecule has 5 nitrogen and oxygen atoms in total. The van der Waals surface area contributed by atoms with Gasteiger partial charge in [0, 0.05) is 7.05 Å². The molecule has 0 aliphatic carbocycles. The predicted molar refractivity (Wildman–Crippen MR) is 67.0 cm³/mol. The molecule has 0 radical (unpaired) electrons. The van der Waals surface area contributed by atoms with Gasteiger partial charge in [0.25, 0.3) is 0 Å². The van der Waals surface area contributed by atoms with Crippen molar-refractivity contribution in [3.05, 3.63) is 28.8 Å². The van der Waals surface area contributed by atoms with Crippen molar-refractivity contribution in [3.8, 4) is 5.75 Å². The quantitative estimate of drug-likeness (QED) is 0.880. The number of aliphatic carboxylic acids is 1. The molecule has 0 spiro atoms. The molecule has 0 saturated carbocycles. The third kappa shape index (κ3) is 3.92. The molecule has 1 rings (SSSR count). The number of methoxy groups -OCH3 is 1. The molecule has 0 heterocycles. The van der Waals surface area contributed by atoms with Gasteiger partial charge in [-0.2, -0.15) is 0 Å². The average Bonchev–Trinajstić information content (AvgIpc) is 2.28. The Kier molecular flexibility index (Phi) is 4.97. The smallest absolute Gasteiger partial charge is 0.323 e. The Balaban J connectivity index is 2.70. The lowest BCUT2D eigenvalue weighted by molar-refractivity contribution is -0.143. The molecule has 0 saturated heterocycles. The Bertz CT molecular complexity index is 461. The highest BCUT2D eigenvalue weighted by molar-refractivity contribution is 6.32. The van der Waals surface area contributed by atoms with Crippen LogP contribution in [0.3, 0.4) is 0 Å². The number of amides is 1. The predicted octanol–water partition coefficient (Wildman–Crippen LogP) is 1.43. The molecule has 0 aromatic heterocycles. The first-order chi connectivity index (χ1) is 8.43. The maximum absolute atomic E-state index is 11.7. The summed E-state index contributed by atoms with van der Waals surface area (Å²) in [5.41, 5.74) is 0.711. The molecule has 0 fully saturated rings. The van der Waals surface area contributed by atoms with Crippen LogP contribution in [-0.2, 0) is 16.0 Å². The summed E-state index contributed by atoms with van der Waals surface area (Å²) in [6.07, 6.45) is 0.105.